The van der Waals surface area contributed by atoms with Crippen molar-refractivity contribution in [2.45, 2.75) is 26.5 Å². The Balaban J connectivity index is 1.89. The highest BCUT2D eigenvalue weighted by atomic mass is 35.5. The molecule has 0 saturated heterocycles. The van der Waals surface area contributed by atoms with Gasteiger partial charge in [0.1, 0.15) is 12.4 Å². The van der Waals surface area contributed by atoms with E-state index >= 15 is 0 Å². The van der Waals surface area contributed by atoms with Crippen molar-refractivity contribution in [1.29, 1.82) is 0 Å². The van der Waals surface area contributed by atoms with Gasteiger partial charge in [-0.3, -0.25) is 0 Å². The minimum atomic E-state index is 0.573. The Kier molecular flexibility index (Phi) is 5.90. The van der Waals surface area contributed by atoms with Crippen LogP contribution in [-0.4, -0.2) is 6.54 Å². The third kappa shape index (κ3) is 4.87. The van der Waals surface area contributed by atoms with E-state index in [2.05, 4.69) is 36.5 Å². The molecule has 0 spiro atoms. The minimum Gasteiger partial charge on any atom is -0.489 e. The number of hydrogen-bond acceptors (Lipinski definition) is 2. The highest BCUT2D eigenvalue weighted by Crippen LogP contribution is 2.17. The summed E-state index contributed by atoms with van der Waals surface area (Å²) in [5.41, 5.74) is 2.46. The average molecular weight is 290 g/mol. The molecule has 106 valence electrons. The van der Waals surface area contributed by atoms with Gasteiger partial charge in [-0.25, -0.2) is 0 Å². The molecular formula is C17H20ClNO. The summed E-state index contributed by atoms with van der Waals surface area (Å²) in [5.74, 6) is 0.837. The van der Waals surface area contributed by atoms with Crippen LogP contribution in [0.4, 0.5) is 0 Å². The van der Waals surface area contributed by atoms with Crippen LogP contribution in [0.15, 0.2) is 48.5 Å². The lowest BCUT2D eigenvalue weighted by Crippen LogP contribution is -2.13. The topological polar surface area (TPSA) is 21.3 Å². The Bertz CT molecular complexity index is 525. The molecule has 3 heteroatoms. The van der Waals surface area contributed by atoms with E-state index in [4.69, 9.17) is 16.3 Å². The van der Waals surface area contributed by atoms with Crippen LogP contribution in [0, 0.1) is 0 Å². The number of ether oxygens (including phenoxy) is 1. The van der Waals surface area contributed by atoms with Crippen LogP contribution in [0.25, 0.3) is 0 Å². The summed E-state index contributed by atoms with van der Waals surface area (Å²) in [6, 6.07) is 15.9. The number of hydrogen-bond donors (Lipinski definition) is 1. The van der Waals surface area contributed by atoms with Crippen molar-refractivity contribution in [3.05, 3.63) is 64.7 Å². The molecule has 2 rings (SSSR count). The van der Waals surface area contributed by atoms with E-state index in [0.29, 0.717) is 6.61 Å². The molecule has 0 amide bonds. The fraction of sp³-hybridized carbons (Fsp3) is 0.294. The highest BCUT2D eigenvalue weighted by Gasteiger charge is 1.98. The smallest absolute Gasteiger partial charge is 0.119 e. The van der Waals surface area contributed by atoms with Crippen molar-refractivity contribution in [1.82, 2.24) is 5.32 Å². The van der Waals surface area contributed by atoms with Gasteiger partial charge in [-0.1, -0.05) is 42.8 Å². The number of rotatable bonds is 7. The molecular weight excluding hydrogens is 270 g/mol. The summed E-state index contributed by atoms with van der Waals surface area (Å²) < 4.78 is 5.75. The molecule has 0 fully saturated rings. The first-order valence-electron chi connectivity index (χ1n) is 6.95. The molecule has 2 nitrogen and oxygen atoms in total. The molecule has 2 aromatic rings. The third-order valence-corrected chi connectivity index (χ3v) is 3.22. The van der Waals surface area contributed by atoms with E-state index in [0.717, 1.165) is 30.3 Å². The molecule has 0 radical (unpaired) electrons. The lowest BCUT2D eigenvalue weighted by Gasteiger charge is -2.08. The standard InChI is InChI=1S/C17H20ClNO/c1-2-10-19-12-14-4-3-5-15(11-14)13-20-17-8-6-16(18)7-9-17/h3-9,11,19H,2,10,12-13H2,1H3. The van der Waals surface area contributed by atoms with E-state index in [1.54, 1.807) is 0 Å². The molecule has 0 unspecified atom stereocenters. The Labute approximate surface area is 125 Å². The zero-order chi connectivity index (χ0) is 14.2. The lowest BCUT2D eigenvalue weighted by molar-refractivity contribution is 0.306. The fourth-order valence-corrected chi connectivity index (χ4v) is 2.06. The maximum absolute atomic E-state index is 5.85. The number of nitrogens with one attached hydrogen (secondary N) is 1. The van der Waals surface area contributed by atoms with Crippen molar-refractivity contribution in [2.75, 3.05) is 6.54 Å². The van der Waals surface area contributed by atoms with Crippen LogP contribution in [-0.2, 0) is 13.2 Å². The first kappa shape index (κ1) is 14.9. The maximum Gasteiger partial charge on any atom is 0.119 e. The first-order valence-corrected chi connectivity index (χ1v) is 7.32. The second-order valence-electron chi connectivity index (χ2n) is 4.74. The molecule has 0 aliphatic carbocycles. The molecule has 0 heterocycles. The summed E-state index contributed by atoms with van der Waals surface area (Å²) in [7, 11) is 0. The lowest BCUT2D eigenvalue weighted by atomic mass is 10.1. The molecule has 0 aromatic heterocycles. The minimum absolute atomic E-state index is 0.573. The van der Waals surface area contributed by atoms with Gasteiger partial charge in [-0.05, 0) is 48.4 Å². The fourth-order valence-electron chi connectivity index (χ4n) is 1.94. The number of halogens is 1. The van der Waals surface area contributed by atoms with Crippen molar-refractivity contribution >= 4 is 11.6 Å². The second-order valence-corrected chi connectivity index (χ2v) is 5.18. The van der Waals surface area contributed by atoms with Gasteiger partial charge in [0.15, 0.2) is 0 Å². The molecule has 20 heavy (non-hydrogen) atoms. The van der Waals surface area contributed by atoms with Gasteiger partial charge in [0.2, 0.25) is 0 Å². The zero-order valence-corrected chi connectivity index (χ0v) is 12.5. The van der Waals surface area contributed by atoms with Crippen molar-refractivity contribution in [2.24, 2.45) is 0 Å². The van der Waals surface area contributed by atoms with E-state index in [9.17, 15) is 0 Å². The van der Waals surface area contributed by atoms with Gasteiger partial charge in [0, 0.05) is 11.6 Å². The Morgan fingerprint density at radius 2 is 1.80 bits per heavy atom. The third-order valence-electron chi connectivity index (χ3n) is 2.97. The van der Waals surface area contributed by atoms with Gasteiger partial charge in [0.05, 0.1) is 0 Å². The second kappa shape index (κ2) is 7.93. The molecule has 0 atom stereocenters. The molecule has 0 aliphatic rings. The average Bonchev–Trinajstić information content (AvgIpc) is 2.47. The molecule has 0 bridgehead atoms. The van der Waals surface area contributed by atoms with Crippen molar-refractivity contribution in [3.63, 3.8) is 0 Å². The largest absolute Gasteiger partial charge is 0.489 e. The van der Waals surface area contributed by atoms with Crippen LogP contribution in [0.1, 0.15) is 24.5 Å². The monoisotopic (exact) mass is 289 g/mol. The van der Waals surface area contributed by atoms with Crippen molar-refractivity contribution < 1.29 is 4.74 Å². The van der Waals surface area contributed by atoms with Crippen LogP contribution in [0.2, 0.25) is 5.02 Å². The van der Waals surface area contributed by atoms with Gasteiger partial charge < -0.3 is 10.1 Å². The highest BCUT2D eigenvalue weighted by molar-refractivity contribution is 6.30. The Hall–Kier alpha value is -1.51. The predicted molar refractivity (Wildman–Crippen MR) is 84.2 cm³/mol. The maximum atomic E-state index is 5.85. The van der Waals surface area contributed by atoms with E-state index in [1.165, 1.54) is 11.1 Å². The van der Waals surface area contributed by atoms with Gasteiger partial charge >= 0.3 is 0 Å². The molecule has 0 aliphatic heterocycles. The summed E-state index contributed by atoms with van der Waals surface area (Å²) >= 11 is 5.85. The Morgan fingerprint density at radius 1 is 1.05 bits per heavy atom. The molecule has 0 saturated carbocycles. The van der Waals surface area contributed by atoms with Crippen LogP contribution in [0.5, 0.6) is 5.75 Å². The predicted octanol–water partition coefficient (Wildman–Crippen LogP) is 4.42. The van der Waals surface area contributed by atoms with Crippen molar-refractivity contribution in [3.8, 4) is 5.75 Å². The number of benzene rings is 2. The summed E-state index contributed by atoms with van der Waals surface area (Å²) in [4.78, 5) is 0. The van der Waals surface area contributed by atoms with E-state index in [1.807, 2.05) is 24.3 Å². The van der Waals surface area contributed by atoms with Crippen LogP contribution >= 0.6 is 11.6 Å². The molecule has 2 aromatic carbocycles. The normalized spacial score (nSPS) is 10.5. The van der Waals surface area contributed by atoms with E-state index < -0.39 is 0 Å². The van der Waals surface area contributed by atoms with Crippen LogP contribution in [0.3, 0.4) is 0 Å². The summed E-state index contributed by atoms with van der Waals surface area (Å²) in [6.45, 7) is 4.70. The van der Waals surface area contributed by atoms with Gasteiger partial charge in [-0.2, -0.15) is 0 Å². The summed E-state index contributed by atoms with van der Waals surface area (Å²) in [5, 5.41) is 4.13. The zero-order valence-electron chi connectivity index (χ0n) is 11.7. The van der Waals surface area contributed by atoms with E-state index in [-0.39, 0.29) is 0 Å². The SMILES string of the molecule is CCCNCc1cccc(COc2ccc(Cl)cc2)c1. The first-order chi connectivity index (χ1) is 9.78. The Morgan fingerprint density at radius 3 is 2.55 bits per heavy atom. The van der Waals surface area contributed by atoms with Gasteiger partial charge in [0.25, 0.3) is 0 Å². The quantitative estimate of drug-likeness (QED) is 0.762. The van der Waals surface area contributed by atoms with Crippen LogP contribution < -0.4 is 10.1 Å². The van der Waals surface area contributed by atoms with Gasteiger partial charge in [-0.15, -0.1) is 0 Å². The summed E-state index contributed by atoms with van der Waals surface area (Å²) in [6.07, 6.45) is 1.15. The molecule has 1 N–H and O–H groups in total.